The summed E-state index contributed by atoms with van der Waals surface area (Å²) in [6.07, 6.45) is 9.92. The Morgan fingerprint density at radius 3 is 2.21 bits per heavy atom. The molecule has 17 heteroatoms. The average Bonchev–Trinajstić information content (AvgIpc) is 3.44. The summed E-state index contributed by atoms with van der Waals surface area (Å²) < 4.78 is 107. The molecule has 0 fully saturated rings. The van der Waals surface area contributed by atoms with Crippen LogP contribution in [0, 0.1) is 12.8 Å². The zero-order valence-electron chi connectivity index (χ0n) is 33.6. The van der Waals surface area contributed by atoms with Crippen molar-refractivity contribution in [3.63, 3.8) is 0 Å². The number of anilines is 1. The van der Waals surface area contributed by atoms with Gasteiger partial charge in [-0.05, 0) is 87.4 Å². The van der Waals surface area contributed by atoms with Gasteiger partial charge in [-0.3, -0.25) is 4.79 Å². The number of carboxylic acid groups (broad SMARTS) is 1. The Kier molecular flexibility index (Phi) is 13.1. The quantitative estimate of drug-likeness (QED) is 0.167. The van der Waals surface area contributed by atoms with Crippen molar-refractivity contribution in [1.29, 1.82) is 0 Å². The molecule has 2 aromatic rings. The van der Waals surface area contributed by atoms with Gasteiger partial charge in [0.1, 0.15) is 16.7 Å². The van der Waals surface area contributed by atoms with Gasteiger partial charge < -0.3 is 29.0 Å². The third kappa shape index (κ3) is 10.2. The maximum Gasteiger partial charge on any atom is 0.308 e. The Balaban J connectivity index is 1.62. The summed E-state index contributed by atoms with van der Waals surface area (Å²) in [6, 6.07) is 10.1. The predicted molar refractivity (Wildman–Crippen MR) is 218 cm³/mol. The van der Waals surface area contributed by atoms with E-state index in [2.05, 4.69) is 30.1 Å². The first-order chi connectivity index (χ1) is 26.8. The minimum atomic E-state index is -4.78. The summed E-state index contributed by atoms with van der Waals surface area (Å²) in [7, 11) is -13.7. The molecular formula is C41H51N3O11S3-2. The van der Waals surface area contributed by atoms with Crippen LogP contribution in [0.1, 0.15) is 83.4 Å². The van der Waals surface area contributed by atoms with Crippen molar-refractivity contribution < 1.29 is 53.4 Å². The SMILES string of the molecule is Cc1ccc2c(c1)C(C)(C)/C(=C/C=C1\CCCC(/C=C/C3=[N+](CCCS(=O)(=O)[O-])c4ccc(S(=O)(=O)[O-])cc4C3(C)C)=C1NCC(C)C(=O)O)N2CCCS(=O)(=O)[O-]. The second kappa shape index (κ2) is 16.9. The number of aryl methyl sites for hydroxylation is 1. The smallest absolute Gasteiger partial charge is 0.308 e. The number of allylic oxidation sites excluding steroid dienone is 7. The molecule has 1 unspecified atom stereocenters. The molecule has 2 N–H and O–H groups in total. The van der Waals surface area contributed by atoms with E-state index >= 15 is 0 Å². The molecule has 0 saturated carbocycles. The first-order valence-corrected chi connectivity index (χ1v) is 23.7. The van der Waals surface area contributed by atoms with Gasteiger partial charge in [-0.25, -0.2) is 25.3 Å². The highest BCUT2D eigenvalue weighted by molar-refractivity contribution is 7.86. The molecule has 0 saturated heterocycles. The van der Waals surface area contributed by atoms with Gasteiger partial charge in [0, 0.05) is 71.2 Å². The van der Waals surface area contributed by atoms with Gasteiger partial charge in [-0.2, -0.15) is 4.58 Å². The lowest BCUT2D eigenvalue weighted by Gasteiger charge is -2.28. The Morgan fingerprint density at radius 2 is 1.57 bits per heavy atom. The third-order valence-corrected chi connectivity index (χ3v) is 13.6. The van der Waals surface area contributed by atoms with E-state index in [1.807, 2.05) is 61.8 Å². The van der Waals surface area contributed by atoms with Gasteiger partial charge >= 0.3 is 5.97 Å². The molecule has 3 aliphatic rings. The maximum atomic E-state index is 12.0. The number of rotatable bonds is 16. The van der Waals surface area contributed by atoms with Crippen molar-refractivity contribution in [2.75, 3.05) is 36.0 Å². The van der Waals surface area contributed by atoms with E-state index in [0.29, 0.717) is 36.3 Å². The van der Waals surface area contributed by atoms with Crippen molar-refractivity contribution in [2.24, 2.45) is 5.92 Å². The Morgan fingerprint density at radius 1 is 0.897 bits per heavy atom. The molecule has 14 nitrogen and oxygen atoms in total. The standard InChI is InChI=1S/C41H53N3O11S3/c1-27-12-16-34-32(24-27)40(3,4)36(43(34)20-8-22-56(47,48)49)18-13-29-10-7-11-30(38(29)42-26-28(2)39(45)46)14-19-37-41(5,6)33-25-31(58(53,54)55)15-17-35(33)44(37)21-9-23-57(50,51)52/h12-19,24-25,28H,7-11,20-23,26H2,1-6H3,(H4,45,46,47,48,49,50,51,52,53,54,55)/p-2/b29-13+,36-18-. The average molecular weight is 858 g/mol. The number of nitrogens with one attached hydrogen (secondary N) is 1. The number of fused-ring (bicyclic) bond motifs is 2. The second-order valence-electron chi connectivity index (χ2n) is 16.3. The van der Waals surface area contributed by atoms with Crippen LogP contribution in [-0.2, 0) is 46.0 Å². The molecular weight excluding hydrogens is 807 g/mol. The molecule has 0 amide bonds. The number of carbonyl (C=O) groups is 1. The highest BCUT2D eigenvalue weighted by atomic mass is 32.2. The Labute approximate surface area is 342 Å². The normalized spacial score (nSPS) is 20.0. The summed E-state index contributed by atoms with van der Waals surface area (Å²) in [4.78, 5) is 13.5. The van der Waals surface area contributed by atoms with Crippen molar-refractivity contribution >= 4 is 53.4 Å². The van der Waals surface area contributed by atoms with Crippen molar-refractivity contribution in [1.82, 2.24) is 5.32 Å². The van der Waals surface area contributed by atoms with E-state index in [9.17, 15) is 48.8 Å². The van der Waals surface area contributed by atoms with Gasteiger partial charge in [0.15, 0.2) is 5.71 Å². The molecule has 2 heterocycles. The van der Waals surface area contributed by atoms with Crippen LogP contribution in [0.25, 0.3) is 0 Å². The van der Waals surface area contributed by atoms with E-state index in [4.69, 9.17) is 0 Å². The number of aliphatic carboxylic acids is 1. The van der Waals surface area contributed by atoms with Gasteiger partial charge in [-0.1, -0.05) is 50.6 Å². The van der Waals surface area contributed by atoms with Crippen LogP contribution in [0.2, 0.25) is 0 Å². The molecule has 1 aliphatic carbocycles. The fraction of sp³-hybridized carbons (Fsp3) is 0.463. The minimum Gasteiger partial charge on any atom is -0.748 e. The number of benzene rings is 2. The van der Waals surface area contributed by atoms with E-state index in [0.717, 1.165) is 45.8 Å². The lowest BCUT2D eigenvalue weighted by atomic mass is 9.81. The summed E-state index contributed by atoms with van der Waals surface area (Å²) in [5.74, 6) is -2.80. The monoisotopic (exact) mass is 857 g/mol. The lowest BCUT2D eigenvalue weighted by Crippen LogP contribution is -2.29. The van der Waals surface area contributed by atoms with Crippen LogP contribution in [0.4, 0.5) is 11.4 Å². The summed E-state index contributed by atoms with van der Waals surface area (Å²) in [5.41, 5.74) is 6.91. The largest absolute Gasteiger partial charge is 0.748 e. The lowest BCUT2D eigenvalue weighted by molar-refractivity contribution is -0.437. The van der Waals surface area contributed by atoms with Crippen LogP contribution >= 0.6 is 0 Å². The van der Waals surface area contributed by atoms with E-state index < -0.39 is 69.5 Å². The zero-order valence-corrected chi connectivity index (χ0v) is 36.0. The van der Waals surface area contributed by atoms with Crippen molar-refractivity contribution in [2.45, 2.75) is 89.4 Å². The van der Waals surface area contributed by atoms with Gasteiger partial charge in [0.25, 0.3) is 0 Å². The van der Waals surface area contributed by atoms with E-state index in [1.165, 1.54) is 18.2 Å². The molecule has 0 radical (unpaired) electrons. The topological polar surface area (TPSA) is 227 Å². The molecule has 0 bridgehead atoms. The number of nitrogens with zero attached hydrogens (tertiary/aromatic N) is 2. The fourth-order valence-electron chi connectivity index (χ4n) is 8.07. The van der Waals surface area contributed by atoms with Gasteiger partial charge in [-0.15, -0.1) is 0 Å². The number of hydrogen-bond acceptors (Lipinski definition) is 12. The molecule has 316 valence electrons. The van der Waals surface area contributed by atoms with Gasteiger partial charge in [0.2, 0.25) is 5.69 Å². The molecule has 58 heavy (non-hydrogen) atoms. The minimum absolute atomic E-state index is 0.00602. The molecule has 5 rings (SSSR count). The van der Waals surface area contributed by atoms with E-state index in [1.54, 1.807) is 6.92 Å². The van der Waals surface area contributed by atoms with Crippen LogP contribution in [-0.4, -0.2) is 91.4 Å². The molecule has 2 aliphatic heterocycles. The molecule has 1 atom stereocenters. The summed E-state index contributed by atoms with van der Waals surface area (Å²) in [5, 5.41) is 13.1. The second-order valence-corrected chi connectivity index (χ2v) is 20.7. The Bertz CT molecular complexity index is 2480. The highest BCUT2D eigenvalue weighted by Crippen LogP contribution is 2.48. The van der Waals surface area contributed by atoms with Crippen molar-refractivity contribution in [3.05, 3.63) is 99.9 Å². The number of hydrogen-bond donors (Lipinski definition) is 2. The summed E-state index contributed by atoms with van der Waals surface area (Å²) in [6.45, 7) is 12.0. The zero-order chi connectivity index (χ0) is 43.0. The first-order valence-electron chi connectivity index (χ1n) is 19.1. The maximum absolute atomic E-state index is 12.0. The highest BCUT2D eigenvalue weighted by Gasteiger charge is 2.45. The molecule has 0 aromatic heterocycles. The van der Waals surface area contributed by atoms with Crippen LogP contribution in [0.15, 0.2) is 88.1 Å². The Hall–Kier alpha value is -4.13. The molecule has 0 spiro atoms. The van der Waals surface area contributed by atoms with E-state index in [-0.39, 0.29) is 25.9 Å². The molecule has 2 aromatic carbocycles. The van der Waals surface area contributed by atoms with Crippen LogP contribution in [0.5, 0.6) is 0 Å². The number of carboxylic acids is 1. The van der Waals surface area contributed by atoms with Crippen LogP contribution in [0.3, 0.4) is 0 Å². The first kappa shape index (κ1) is 45.0. The summed E-state index contributed by atoms with van der Waals surface area (Å²) >= 11 is 0. The predicted octanol–water partition coefficient (Wildman–Crippen LogP) is 5.06. The van der Waals surface area contributed by atoms with Crippen LogP contribution < -0.4 is 10.2 Å². The third-order valence-electron chi connectivity index (χ3n) is 11.2. The van der Waals surface area contributed by atoms with Crippen molar-refractivity contribution in [3.8, 4) is 0 Å². The fourth-order valence-corrected chi connectivity index (χ4v) is 9.53. The van der Waals surface area contributed by atoms with Gasteiger partial charge in [0.05, 0.1) is 36.5 Å².